The Hall–Kier alpha value is -2.67. The number of hydrogen-bond acceptors (Lipinski definition) is 5. The Balaban J connectivity index is 1.18. The number of aromatic nitrogens is 2. The van der Waals surface area contributed by atoms with Crippen LogP contribution in [0.15, 0.2) is 42.5 Å². The first-order valence-electron chi connectivity index (χ1n) is 12.9. The number of fused-ring (bicyclic) bond motifs is 2. The number of benzene rings is 1. The van der Waals surface area contributed by atoms with Gasteiger partial charge in [0.25, 0.3) is 0 Å². The van der Waals surface area contributed by atoms with Gasteiger partial charge in [0.05, 0.1) is 40.6 Å². The van der Waals surface area contributed by atoms with Crippen molar-refractivity contribution in [2.24, 2.45) is 11.8 Å². The van der Waals surface area contributed by atoms with Crippen LogP contribution < -0.4 is 4.74 Å². The Morgan fingerprint density at radius 1 is 1.19 bits per heavy atom. The van der Waals surface area contributed by atoms with Crippen molar-refractivity contribution in [3.05, 3.63) is 53.1 Å². The van der Waals surface area contributed by atoms with Crippen LogP contribution in [0.5, 0.6) is 5.88 Å². The molecule has 0 radical (unpaired) electrons. The van der Waals surface area contributed by atoms with Crippen LogP contribution in [0, 0.1) is 11.8 Å². The Kier molecular flexibility index (Phi) is 6.36. The van der Waals surface area contributed by atoms with Gasteiger partial charge in [0.15, 0.2) is 5.88 Å². The molecular weight excluding hydrogens is 476 g/mol. The smallest absolute Gasteiger partial charge is 0.193 e. The fourth-order valence-electron chi connectivity index (χ4n) is 6.08. The van der Waals surface area contributed by atoms with Crippen LogP contribution >= 0.6 is 11.6 Å². The molecule has 0 amide bonds. The van der Waals surface area contributed by atoms with Crippen LogP contribution in [0.2, 0.25) is 5.02 Å². The van der Waals surface area contributed by atoms with Gasteiger partial charge in [-0.1, -0.05) is 41.9 Å². The van der Waals surface area contributed by atoms with Gasteiger partial charge < -0.3 is 24.4 Å². The fourth-order valence-corrected chi connectivity index (χ4v) is 6.34. The molecule has 3 aromatic rings. The summed E-state index contributed by atoms with van der Waals surface area (Å²) in [5, 5.41) is 10.6. The highest BCUT2D eigenvalue weighted by molar-refractivity contribution is 6.33. The summed E-state index contributed by atoms with van der Waals surface area (Å²) >= 11 is 6.64. The van der Waals surface area contributed by atoms with Crippen molar-refractivity contribution < 1.29 is 19.4 Å². The molecular formula is C29H31ClN2O4. The minimum absolute atomic E-state index is 0.0589. The highest BCUT2D eigenvalue weighted by atomic mass is 35.5. The molecule has 1 saturated carbocycles. The van der Waals surface area contributed by atoms with E-state index in [1.165, 1.54) is 11.1 Å². The predicted molar refractivity (Wildman–Crippen MR) is 140 cm³/mol. The second-order valence-corrected chi connectivity index (χ2v) is 10.9. The molecule has 6 rings (SSSR count). The molecule has 1 saturated heterocycles. The van der Waals surface area contributed by atoms with E-state index in [4.69, 9.17) is 26.1 Å². The normalized spacial score (nSPS) is 27.8. The Morgan fingerprint density at radius 3 is 2.75 bits per heavy atom. The van der Waals surface area contributed by atoms with Crippen LogP contribution in [0.3, 0.4) is 0 Å². The van der Waals surface area contributed by atoms with Crippen molar-refractivity contribution in [3.63, 3.8) is 0 Å². The second-order valence-electron chi connectivity index (χ2n) is 10.5. The van der Waals surface area contributed by atoms with Crippen molar-refractivity contribution in [1.29, 1.82) is 0 Å². The summed E-state index contributed by atoms with van der Waals surface area (Å²) in [4.78, 5) is 19.5. The topological polar surface area (TPSA) is 84.4 Å². The SMILES string of the molecule is CC(=O)CC1CC=C(c2ccc(-c3nc4cc(O[C@@H]5CC[C@H]6[C@@H]5OC[C@H]6O)[nH]c4cc3Cl)cc2)CC1. The maximum absolute atomic E-state index is 11.4. The average Bonchev–Trinajstić information content (AvgIpc) is 3.55. The zero-order valence-corrected chi connectivity index (χ0v) is 21.1. The molecule has 2 aromatic heterocycles. The monoisotopic (exact) mass is 506 g/mol. The van der Waals surface area contributed by atoms with Crippen molar-refractivity contribution in [2.75, 3.05) is 6.61 Å². The van der Waals surface area contributed by atoms with Gasteiger partial charge in [0, 0.05) is 24.0 Å². The Bertz CT molecular complexity index is 1310. The van der Waals surface area contributed by atoms with Gasteiger partial charge in [-0.3, -0.25) is 0 Å². The van der Waals surface area contributed by atoms with Crippen LogP contribution in [-0.4, -0.2) is 45.8 Å². The Labute approximate surface area is 215 Å². The molecule has 36 heavy (non-hydrogen) atoms. The number of pyridine rings is 1. The number of aliphatic hydroxyl groups excluding tert-OH is 1. The van der Waals surface area contributed by atoms with E-state index in [0.717, 1.165) is 54.4 Å². The predicted octanol–water partition coefficient (Wildman–Crippen LogP) is 5.96. The number of carbonyl (C=O) groups excluding carboxylic acids is 1. The molecule has 1 aliphatic heterocycles. The largest absolute Gasteiger partial charge is 0.473 e. The minimum atomic E-state index is -0.390. The van der Waals surface area contributed by atoms with E-state index in [1.54, 1.807) is 6.92 Å². The second kappa shape index (κ2) is 9.66. The van der Waals surface area contributed by atoms with Crippen LogP contribution in [0.25, 0.3) is 27.9 Å². The number of nitrogens with one attached hydrogen (secondary N) is 1. The first-order valence-corrected chi connectivity index (χ1v) is 13.3. The highest BCUT2D eigenvalue weighted by Gasteiger charge is 2.47. The first-order chi connectivity index (χ1) is 17.4. The van der Waals surface area contributed by atoms with E-state index in [2.05, 4.69) is 35.3 Å². The number of allylic oxidation sites excluding steroid dienone is 2. The van der Waals surface area contributed by atoms with E-state index >= 15 is 0 Å². The number of H-pyrrole nitrogens is 1. The number of hydrogen-bond donors (Lipinski definition) is 2. The van der Waals surface area contributed by atoms with E-state index in [1.807, 2.05) is 12.1 Å². The molecule has 3 heterocycles. The molecule has 0 bridgehead atoms. The molecule has 2 N–H and O–H groups in total. The van der Waals surface area contributed by atoms with E-state index in [-0.39, 0.29) is 23.9 Å². The number of nitrogens with zero attached hydrogens (tertiary/aromatic N) is 1. The van der Waals surface area contributed by atoms with Crippen molar-refractivity contribution in [2.45, 2.75) is 63.8 Å². The summed E-state index contributed by atoms with van der Waals surface area (Å²) in [6, 6.07) is 12.2. The average molecular weight is 507 g/mol. The number of carbonyl (C=O) groups is 1. The summed E-state index contributed by atoms with van der Waals surface area (Å²) in [6.07, 6.45) is 7.25. The fraction of sp³-hybridized carbons (Fsp3) is 0.448. The van der Waals surface area contributed by atoms with Gasteiger partial charge in [-0.2, -0.15) is 0 Å². The number of aliphatic hydroxyl groups is 1. The molecule has 3 aliphatic rings. The van der Waals surface area contributed by atoms with E-state index < -0.39 is 6.10 Å². The molecule has 188 valence electrons. The van der Waals surface area contributed by atoms with E-state index in [0.29, 0.717) is 29.8 Å². The zero-order valence-electron chi connectivity index (χ0n) is 20.4. The van der Waals surface area contributed by atoms with Gasteiger partial charge in [0.2, 0.25) is 0 Å². The number of rotatable bonds is 6. The number of ether oxygens (including phenoxy) is 2. The maximum Gasteiger partial charge on any atom is 0.193 e. The third kappa shape index (κ3) is 4.58. The van der Waals surface area contributed by atoms with Gasteiger partial charge in [-0.25, -0.2) is 4.98 Å². The number of Topliss-reactive ketones (excluding diaryl/α,β-unsaturated/α-hetero) is 1. The van der Waals surface area contributed by atoms with Crippen molar-refractivity contribution >= 4 is 34.0 Å². The van der Waals surface area contributed by atoms with Gasteiger partial charge in [0.1, 0.15) is 11.9 Å². The molecule has 5 atom stereocenters. The summed E-state index contributed by atoms with van der Waals surface area (Å²) in [7, 11) is 0. The van der Waals surface area contributed by atoms with Crippen molar-refractivity contribution in [3.8, 4) is 17.1 Å². The summed E-state index contributed by atoms with van der Waals surface area (Å²) < 4.78 is 12.0. The third-order valence-corrected chi connectivity index (χ3v) is 8.25. The maximum atomic E-state index is 11.4. The number of ketones is 1. The van der Waals surface area contributed by atoms with Crippen LogP contribution in [0.4, 0.5) is 0 Å². The summed E-state index contributed by atoms with van der Waals surface area (Å²) in [5.41, 5.74) is 5.88. The lowest BCUT2D eigenvalue weighted by Crippen LogP contribution is -2.30. The standard InChI is InChI=1S/C29H31ClN2O4/c1-16(33)12-17-2-4-18(5-3-17)19-6-8-20(9-7-19)28-22(30)13-23-24(32-28)14-27(31-23)36-26-11-10-21-25(34)15-35-29(21)26/h4,6-9,13-14,17,21,25-26,29,31,34H,2-3,5,10-12,15H2,1H3/t17?,21-,25-,26-,29+/m1/s1. The lowest BCUT2D eigenvalue weighted by atomic mass is 9.84. The lowest BCUT2D eigenvalue weighted by molar-refractivity contribution is -0.117. The number of aromatic amines is 1. The minimum Gasteiger partial charge on any atom is -0.473 e. The molecule has 1 aromatic carbocycles. The molecule has 0 spiro atoms. The first kappa shape index (κ1) is 23.7. The molecule has 2 fully saturated rings. The quantitative estimate of drug-likeness (QED) is 0.430. The molecule has 6 nitrogen and oxygen atoms in total. The third-order valence-electron chi connectivity index (χ3n) is 7.96. The molecule has 1 unspecified atom stereocenters. The summed E-state index contributed by atoms with van der Waals surface area (Å²) in [6.45, 7) is 2.07. The van der Waals surface area contributed by atoms with Gasteiger partial charge >= 0.3 is 0 Å². The van der Waals surface area contributed by atoms with Crippen molar-refractivity contribution in [1.82, 2.24) is 9.97 Å². The Morgan fingerprint density at radius 2 is 2.00 bits per heavy atom. The molecule has 7 heteroatoms. The molecule has 2 aliphatic carbocycles. The van der Waals surface area contributed by atoms with Crippen LogP contribution in [-0.2, 0) is 9.53 Å². The van der Waals surface area contributed by atoms with Crippen LogP contribution in [0.1, 0.15) is 51.0 Å². The van der Waals surface area contributed by atoms with Gasteiger partial charge in [-0.15, -0.1) is 0 Å². The number of halogens is 1. The van der Waals surface area contributed by atoms with Gasteiger partial charge in [-0.05, 0) is 62.1 Å². The highest BCUT2D eigenvalue weighted by Crippen LogP contribution is 2.39. The van der Waals surface area contributed by atoms with E-state index in [9.17, 15) is 9.90 Å². The zero-order chi connectivity index (χ0) is 24.8. The summed E-state index contributed by atoms with van der Waals surface area (Å²) in [5.74, 6) is 1.55. The lowest BCUT2D eigenvalue weighted by Gasteiger charge is -2.21.